The van der Waals surface area contributed by atoms with Gasteiger partial charge in [0.15, 0.2) is 0 Å². The van der Waals surface area contributed by atoms with Gasteiger partial charge in [-0.1, -0.05) is 12.1 Å². The van der Waals surface area contributed by atoms with E-state index >= 15 is 0 Å². The number of aliphatic carboxylic acids is 1. The van der Waals surface area contributed by atoms with E-state index in [0.29, 0.717) is 16.2 Å². The molecule has 2 N–H and O–H groups in total. The van der Waals surface area contributed by atoms with Crippen LogP contribution >= 0.6 is 0 Å². The van der Waals surface area contributed by atoms with E-state index in [1.165, 1.54) is 24.3 Å². The van der Waals surface area contributed by atoms with Crippen molar-refractivity contribution in [1.29, 1.82) is 0 Å². The molecule has 0 saturated carbocycles. The Morgan fingerprint density at radius 1 is 1.29 bits per heavy atom. The summed E-state index contributed by atoms with van der Waals surface area (Å²) in [6, 6.07) is 8.13. The third-order valence-electron chi connectivity index (χ3n) is 3.28. The molecule has 1 aliphatic rings. The first kappa shape index (κ1) is 15.5. The maximum atomic E-state index is 13.2. The highest BCUT2D eigenvalue weighted by Crippen LogP contribution is 2.24. The molecule has 1 aromatic heterocycles. The zero-order valence-corrected chi connectivity index (χ0v) is 12.2. The number of nitrogens with zero attached hydrogens (tertiary/aromatic N) is 1. The van der Waals surface area contributed by atoms with Crippen molar-refractivity contribution in [2.24, 2.45) is 0 Å². The van der Waals surface area contributed by atoms with Gasteiger partial charge in [-0.05, 0) is 24.3 Å². The summed E-state index contributed by atoms with van der Waals surface area (Å²) in [4.78, 5) is 34.8. The number of hydrogen-bond acceptors (Lipinski definition) is 4. The summed E-state index contributed by atoms with van der Waals surface area (Å²) in [5, 5.41) is 11.0. The Morgan fingerprint density at radius 2 is 2.08 bits per heavy atom. The number of furan rings is 1. The molecule has 0 spiro atoms. The lowest BCUT2D eigenvalue weighted by Crippen LogP contribution is -2.35. The highest BCUT2D eigenvalue weighted by Gasteiger charge is 2.35. The largest absolute Gasteiger partial charge is 0.480 e. The molecule has 8 heteroatoms. The van der Waals surface area contributed by atoms with Gasteiger partial charge in [0.05, 0.1) is 0 Å². The molecule has 1 saturated heterocycles. The second kappa shape index (κ2) is 5.99. The maximum absolute atomic E-state index is 13.2. The van der Waals surface area contributed by atoms with Crippen LogP contribution < -0.4 is 5.32 Å². The van der Waals surface area contributed by atoms with Crippen LogP contribution in [0.1, 0.15) is 5.76 Å². The summed E-state index contributed by atoms with van der Waals surface area (Å²) in [6.45, 7) is -0.727. The Morgan fingerprint density at radius 3 is 2.79 bits per heavy atom. The summed E-state index contributed by atoms with van der Waals surface area (Å²) >= 11 is 0. The van der Waals surface area contributed by atoms with Crippen LogP contribution in [0, 0.1) is 5.82 Å². The monoisotopic (exact) mass is 330 g/mol. The van der Waals surface area contributed by atoms with E-state index in [0.717, 1.165) is 0 Å². The number of benzene rings is 1. The first-order valence-corrected chi connectivity index (χ1v) is 6.86. The van der Waals surface area contributed by atoms with Gasteiger partial charge in [-0.2, -0.15) is 0 Å². The topological polar surface area (TPSA) is 99.8 Å². The van der Waals surface area contributed by atoms with Crippen molar-refractivity contribution in [1.82, 2.24) is 10.2 Å². The summed E-state index contributed by atoms with van der Waals surface area (Å²) in [7, 11) is 0. The predicted octanol–water partition coefficient (Wildman–Crippen LogP) is 2.06. The van der Waals surface area contributed by atoms with Crippen LogP contribution in [0.25, 0.3) is 17.4 Å². The molecule has 24 heavy (non-hydrogen) atoms. The number of carboxylic acid groups (broad SMARTS) is 1. The van der Waals surface area contributed by atoms with E-state index in [1.807, 2.05) is 0 Å². The number of halogens is 1. The Bertz CT molecular complexity index is 871. The summed E-state index contributed by atoms with van der Waals surface area (Å²) < 4.78 is 18.7. The molecule has 0 radical (unpaired) electrons. The molecule has 3 amide bonds. The van der Waals surface area contributed by atoms with Crippen molar-refractivity contribution in [3.63, 3.8) is 0 Å². The first-order valence-electron chi connectivity index (χ1n) is 6.86. The zero-order chi connectivity index (χ0) is 17.3. The second-order valence-corrected chi connectivity index (χ2v) is 4.99. The SMILES string of the molecule is O=C(O)CN1C(=O)N/C(=C/c2ccc(-c3cccc(F)c3)o2)C1=O. The van der Waals surface area contributed by atoms with E-state index in [-0.39, 0.29) is 11.5 Å². The van der Waals surface area contributed by atoms with E-state index in [4.69, 9.17) is 9.52 Å². The van der Waals surface area contributed by atoms with Crippen LogP contribution in [0.5, 0.6) is 0 Å². The number of urea groups is 1. The van der Waals surface area contributed by atoms with Crippen LogP contribution in [0.4, 0.5) is 9.18 Å². The number of carbonyl (C=O) groups excluding carboxylic acids is 2. The Labute approximate surface area is 135 Å². The van der Waals surface area contributed by atoms with Crippen LogP contribution in [0.2, 0.25) is 0 Å². The van der Waals surface area contributed by atoms with Gasteiger partial charge in [0.25, 0.3) is 5.91 Å². The molecule has 2 heterocycles. The number of rotatable bonds is 4. The van der Waals surface area contributed by atoms with Crippen LogP contribution in [-0.4, -0.2) is 34.5 Å². The molecule has 3 rings (SSSR count). The molecule has 0 unspecified atom stereocenters. The highest BCUT2D eigenvalue weighted by atomic mass is 19.1. The molecule has 0 aliphatic carbocycles. The van der Waals surface area contributed by atoms with E-state index in [9.17, 15) is 18.8 Å². The number of carboxylic acids is 1. The molecule has 0 bridgehead atoms. The minimum absolute atomic E-state index is 0.0959. The Kier molecular flexibility index (Phi) is 3.87. The average Bonchev–Trinajstić information content (AvgIpc) is 3.08. The number of imide groups is 1. The number of nitrogens with one attached hydrogen (secondary N) is 1. The van der Waals surface area contributed by atoms with E-state index in [2.05, 4.69) is 5.32 Å². The van der Waals surface area contributed by atoms with Crippen molar-refractivity contribution in [2.75, 3.05) is 6.54 Å². The van der Waals surface area contributed by atoms with Gasteiger partial charge >= 0.3 is 12.0 Å². The fourth-order valence-electron chi connectivity index (χ4n) is 2.22. The zero-order valence-electron chi connectivity index (χ0n) is 12.2. The lowest BCUT2D eigenvalue weighted by atomic mass is 10.2. The van der Waals surface area contributed by atoms with Gasteiger partial charge in [0.2, 0.25) is 0 Å². The predicted molar refractivity (Wildman–Crippen MR) is 80.0 cm³/mol. The van der Waals surface area contributed by atoms with Crippen molar-refractivity contribution >= 4 is 24.0 Å². The number of carbonyl (C=O) groups is 3. The van der Waals surface area contributed by atoms with Crippen LogP contribution in [0.15, 0.2) is 46.5 Å². The fourth-order valence-corrected chi connectivity index (χ4v) is 2.22. The second-order valence-electron chi connectivity index (χ2n) is 4.99. The van der Waals surface area contributed by atoms with Gasteiger partial charge in [-0.25, -0.2) is 14.1 Å². The van der Waals surface area contributed by atoms with Crippen molar-refractivity contribution in [3.05, 3.63) is 53.7 Å². The molecule has 1 fully saturated rings. The lowest BCUT2D eigenvalue weighted by Gasteiger charge is -2.06. The molecule has 2 aromatic rings. The number of amides is 3. The standard InChI is InChI=1S/C16H11FN2O5/c17-10-3-1-2-9(6-10)13-5-4-11(24-13)7-12-15(22)19(8-14(20)21)16(23)18-12/h1-7H,8H2,(H,18,23)(H,20,21)/b12-7+. The van der Waals surface area contributed by atoms with Crippen molar-refractivity contribution < 1.29 is 28.3 Å². The molecule has 7 nitrogen and oxygen atoms in total. The lowest BCUT2D eigenvalue weighted by molar-refractivity contribution is -0.140. The Hall–Kier alpha value is -3.42. The summed E-state index contributed by atoms with van der Waals surface area (Å²) in [5.74, 6) is -1.82. The third-order valence-corrected chi connectivity index (χ3v) is 3.28. The third kappa shape index (κ3) is 3.02. The van der Waals surface area contributed by atoms with Gasteiger partial charge < -0.3 is 14.8 Å². The van der Waals surface area contributed by atoms with Gasteiger partial charge in [-0.15, -0.1) is 0 Å². The summed E-state index contributed by atoms with van der Waals surface area (Å²) in [6.07, 6.45) is 1.28. The van der Waals surface area contributed by atoms with E-state index in [1.54, 1.807) is 18.2 Å². The smallest absolute Gasteiger partial charge is 0.329 e. The minimum atomic E-state index is -1.30. The normalized spacial score (nSPS) is 15.9. The highest BCUT2D eigenvalue weighted by molar-refractivity contribution is 6.14. The Balaban J connectivity index is 1.84. The minimum Gasteiger partial charge on any atom is -0.480 e. The quantitative estimate of drug-likeness (QED) is 0.660. The van der Waals surface area contributed by atoms with Crippen molar-refractivity contribution in [2.45, 2.75) is 0 Å². The molecule has 1 aromatic carbocycles. The average molecular weight is 330 g/mol. The first-order chi connectivity index (χ1) is 11.4. The van der Waals surface area contributed by atoms with Gasteiger partial charge in [0, 0.05) is 11.6 Å². The van der Waals surface area contributed by atoms with Crippen molar-refractivity contribution in [3.8, 4) is 11.3 Å². The number of hydrogen-bond donors (Lipinski definition) is 2. The molecular formula is C16H11FN2O5. The summed E-state index contributed by atoms with van der Waals surface area (Å²) in [5.41, 5.74) is 0.426. The van der Waals surface area contributed by atoms with E-state index < -0.39 is 30.3 Å². The molecule has 0 atom stereocenters. The maximum Gasteiger partial charge on any atom is 0.329 e. The fraction of sp³-hybridized carbons (Fsp3) is 0.0625. The van der Waals surface area contributed by atoms with Crippen LogP contribution in [-0.2, 0) is 9.59 Å². The molecular weight excluding hydrogens is 319 g/mol. The molecule has 1 aliphatic heterocycles. The van der Waals surface area contributed by atoms with Crippen LogP contribution in [0.3, 0.4) is 0 Å². The van der Waals surface area contributed by atoms with Gasteiger partial charge in [0.1, 0.15) is 29.6 Å². The molecule has 122 valence electrons. The van der Waals surface area contributed by atoms with Gasteiger partial charge in [-0.3, -0.25) is 9.59 Å².